The zero-order valence-corrected chi connectivity index (χ0v) is 12.7. The topological polar surface area (TPSA) is 65.2 Å². The third kappa shape index (κ3) is 2.92. The first-order chi connectivity index (χ1) is 9.57. The second kappa shape index (κ2) is 5.50. The van der Waals surface area contributed by atoms with E-state index in [1.165, 1.54) is 12.8 Å². The molecule has 1 unspecified atom stereocenters. The van der Waals surface area contributed by atoms with Gasteiger partial charge in [0, 0.05) is 37.1 Å². The Balaban J connectivity index is 1.72. The highest BCUT2D eigenvalue weighted by molar-refractivity contribution is 7.89. The Morgan fingerprint density at radius 2 is 2.15 bits per heavy atom. The summed E-state index contributed by atoms with van der Waals surface area (Å²) in [6, 6.07) is 2.50. The minimum atomic E-state index is -3.34. The van der Waals surface area contributed by atoms with Crippen molar-refractivity contribution in [2.24, 2.45) is 0 Å². The molecule has 2 heterocycles. The number of nitrogens with one attached hydrogen (secondary N) is 2. The number of H-pyrrole nitrogens is 1. The Hall–Kier alpha value is -0.850. The molecule has 1 aliphatic carbocycles. The van der Waals surface area contributed by atoms with Crippen LogP contribution in [0.15, 0.2) is 17.2 Å². The van der Waals surface area contributed by atoms with Crippen molar-refractivity contribution in [3.8, 4) is 0 Å². The second-order valence-corrected chi connectivity index (χ2v) is 7.87. The highest BCUT2D eigenvalue weighted by Crippen LogP contribution is 2.25. The summed E-state index contributed by atoms with van der Waals surface area (Å²) in [6.45, 7) is 3.36. The van der Waals surface area contributed by atoms with E-state index in [-0.39, 0.29) is 6.04 Å². The molecular formula is C14H23N3O2S. The van der Waals surface area contributed by atoms with Gasteiger partial charge < -0.3 is 10.3 Å². The van der Waals surface area contributed by atoms with Crippen LogP contribution in [-0.2, 0) is 16.6 Å². The fourth-order valence-corrected chi connectivity index (χ4v) is 4.49. The van der Waals surface area contributed by atoms with Crippen molar-refractivity contribution in [2.45, 2.75) is 62.6 Å². The summed E-state index contributed by atoms with van der Waals surface area (Å²) < 4.78 is 26.9. The van der Waals surface area contributed by atoms with E-state index < -0.39 is 10.0 Å². The third-order valence-corrected chi connectivity index (χ3v) is 6.21. The second-order valence-electron chi connectivity index (χ2n) is 5.98. The van der Waals surface area contributed by atoms with Gasteiger partial charge in [0.1, 0.15) is 0 Å². The highest BCUT2D eigenvalue weighted by atomic mass is 32.2. The summed E-state index contributed by atoms with van der Waals surface area (Å²) in [7, 11) is -3.34. The molecule has 3 rings (SSSR count). The summed E-state index contributed by atoms with van der Waals surface area (Å²) in [5, 5.41) is 3.39. The largest absolute Gasteiger partial charge is 0.363 e. The van der Waals surface area contributed by atoms with Crippen molar-refractivity contribution in [1.29, 1.82) is 0 Å². The highest BCUT2D eigenvalue weighted by Gasteiger charge is 2.31. The molecule has 2 N–H and O–H groups in total. The van der Waals surface area contributed by atoms with Gasteiger partial charge in [-0.05, 0) is 38.7 Å². The summed E-state index contributed by atoms with van der Waals surface area (Å²) in [4.78, 5) is 3.48. The molecule has 1 aromatic heterocycles. The lowest BCUT2D eigenvalue weighted by molar-refractivity contribution is 0.268. The maximum atomic E-state index is 12.6. The Bertz CT molecular complexity index is 563. The molecule has 1 aliphatic heterocycles. The average molecular weight is 297 g/mol. The van der Waals surface area contributed by atoms with Gasteiger partial charge in [-0.15, -0.1) is 0 Å². The SMILES string of the molecule is CC1CCCCN1S(=O)(=O)c1c[nH]c(CNC2CC2)c1. The van der Waals surface area contributed by atoms with Crippen LogP contribution in [0.3, 0.4) is 0 Å². The number of hydrogen-bond donors (Lipinski definition) is 2. The predicted molar refractivity (Wildman–Crippen MR) is 77.9 cm³/mol. The van der Waals surface area contributed by atoms with Gasteiger partial charge in [-0.2, -0.15) is 4.31 Å². The van der Waals surface area contributed by atoms with Gasteiger partial charge in [-0.1, -0.05) is 6.42 Å². The fourth-order valence-electron chi connectivity index (χ4n) is 2.78. The fraction of sp³-hybridized carbons (Fsp3) is 0.714. The summed E-state index contributed by atoms with van der Waals surface area (Å²) in [6.07, 6.45) is 7.13. The van der Waals surface area contributed by atoms with Crippen LogP contribution in [0.1, 0.15) is 44.7 Å². The molecule has 1 saturated carbocycles. The molecule has 6 heteroatoms. The van der Waals surface area contributed by atoms with E-state index in [1.54, 1.807) is 16.6 Å². The molecule has 0 radical (unpaired) electrons. The van der Waals surface area contributed by atoms with E-state index in [9.17, 15) is 8.42 Å². The van der Waals surface area contributed by atoms with Crippen molar-refractivity contribution in [3.05, 3.63) is 18.0 Å². The number of rotatable bonds is 5. The smallest absolute Gasteiger partial charge is 0.244 e. The molecule has 5 nitrogen and oxygen atoms in total. The number of piperidine rings is 1. The van der Waals surface area contributed by atoms with Crippen LogP contribution >= 0.6 is 0 Å². The maximum absolute atomic E-state index is 12.6. The van der Waals surface area contributed by atoms with Crippen LogP contribution < -0.4 is 5.32 Å². The lowest BCUT2D eigenvalue weighted by Gasteiger charge is -2.31. The van der Waals surface area contributed by atoms with Crippen molar-refractivity contribution in [3.63, 3.8) is 0 Å². The van der Waals surface area contributed by atoms with Crippen LogP contribution in [0.5, 0.6) is 0 Å². The van der Waals surface area contributed by atoms with Crippen molar-refractivity contribution in [2.75, 3.05) is 6.54 Å². The number of sulfonamides is 1. The Labute approximate surface area is 120 Å². The lowest BCUT2D eigenvalue weighted by Crippen LogP contribution is -2.41. The number of aromatic nitrogens is 1. The third-order valence-electron chi connectivity index (χ3n) is 4.22. The van der Waals surface area contributed by atoms with Gasteiger partial charge >= 0.3 is 0 Å². The minimum Gasteiger partial charge on any atom is -0.363 e. The van der Waals surface area contributed by atoms with E-state index in [0.717, 1.165) is 31.5 Å². The molecule has 1 aromatic rings. The van der Waals surface area contributed by atoms with Gasteiger partial charge in [0.2, 0.25) is 10.0 Å². The van der Waals surface area contributed by atoms with Crippen LogP contribution in [0.2, 0.25) is 0 Å². The number of nitrogens with zero attached hydrogens (tertiary/aromatic N) is 1. The van der Waals surface area contributed by atoms with Crippen LogP contribution in [0.4, 0.5) is 0 Å². The molecule has 0 aromatic carbocycles. The van der Waals surface area contributed by atoms with Crippen molar-refractivity contribution < 1.29 is 8.42 Å². The molecule has 1 atom stereocenters. The van der Waals surface area contributed by atoms with Gasteiger partial charge in [0.05, 0.1) is 4.90 Å². The Morgan fingerprint density at radius 1 is 1.35 bits per heavy atom. The molecule has 0 spiro atoms. The molecule has 2 fully saturated rings. The lowest BCUT2D eigenvalue weighted by atomic mass is 10.1. The normalized spacial score (nSPS) is 24.9. The van der Waals surface area contributed by atoms with E-state index in [2.05, 4.69) is 10.3 Å². The average Bonchev–Trinajstić information content (AvgIpc) is 3.13. The Morgan fingerprint density at radius 3 is 2.85 bits per heavy atom. The first kappa shape index (κ1) is 14.1. The molecule has 1 saturated heterocycles. The van der Waals surface area contributed by atoms with Gasteiger partial charge in [-0.3, -0.25) is 0 Å². The van der Waals surface area contributed by atoms with E-state index >= 15 is 0 Å². The molecule has 112 valence electrons. The quantitative estimate of drug-likeness (QED) is 0.871. The monoisotopic (exact) mass is 297 g/mol. The summed E-state index contributed by atoms with van der Waals surface area (Å²) in [5.74, 6) is 0. The van der Waals surface area contributed by atoms with E-state index in [0.29, 0.717) is 17.5 Å². The Kier molecular flexibility index (Phi) is 3.88. The molecule has 20 heavy (non-hydrogen) atoms. The zero-order chi connectivity index (χ0) is 14.2. The standard InChI is InChI=1S/C14H23N3O2S/c1-11-4-2-3-7-17(11)20(18,19)14-8-13(16-10-14)9-15-12-5-6-12/h8,10-12,15-16H,2-7,9H2,1H3. The van der Waals surface area contributed by atoms with Gasteiger partial charge in [-0.25, -0.2) is 8.42 Å². The number of hydrogen-bond acceptors (Lipinski definition) is 3. The van der Waals surface area contributed by atoms with Gasteiger partial charge in [0.25, 0.3) is 0 Å². The first-order valence-electron chi connectivity index (χ1n) is 7.50. The summed E-state index contributed by atoms with van der Waals surface area (Å²) in [5.41, 5.74) is 0.945. The molecule has 0 amide bonds. The van der Waals surface area contributed by atoms with E-state index in [1.807, 2.05) is 6.92 Å². The molecular weight excluding hydrogens is 274 g/mol. The number of aromatic amines is 1. The minimum absolute atomic E-state index is 0.108. The molecule has 2 aliphatic rings. The van der Waals surface area contributed by atoms with E-state index in [4.69, 9.17) is 0 Å². The predicted octanol–water partition coefficient (Wildman–Crippen LogP) is 1.83. The van der Waals surface area contributed by atoms with Crippen molar-refractivity contribution in [1.82, 2.24) is 14.6 Å². The van der Waals surface area contributed by atoms with Crippen LogP contribution in [-0.4, -0.2) is 36.3 Å². The zero-order valence-electron chi connectivity index (χ0n) is 11.9. The first-order valence-corrected chi connectivity index (χ1v) is 8.94. The molecule has 0 bridgehead atoms. The summed E-state index contributed by atoms with van der Waals surface area (Å²) >= 11 is 0. The maximum Gasteiger partial charge on any atom is 0.244 e. The van der Waals surface area contributed by atoms with Crippen LogP contribution in [0.25, 0.3) is 0 Å². The van der Waals surface area contributed by atoms with Gasteiger partial charge in [0.15, 0.2) is 0 Å². The van der Waals surface area contributed by atoms with Crippen molar-refractivity contribution >= 4 is 10.0 Å². The van der Waals surface area contributed by atoms with Crippen LogP contribution in [0, 0.1) is 0 Å².